The second-order valence-corrected chi connectivity index (χ2v) is 4.21. The maximum atomic E-state index is 8.85. The lowest BCUT2D eigenvalue weighted by molar-refractivity contribution is 0.299. The molecule has 0 aliphatic carbocycles. The molecule has 0 saturated heterocycles. The van der Waals surface area contributed by atoms with Crippen LogP contribution in [0.15, 0.2) is 24.3 Å². The smallest absolute Gasteiger partial charge is 0.227 e. The Kier molecular flexibility index (Phi) is 4.25. The third-order valence-corrected chi connectivity index (χ3v) is 2.64. The van der Waals surface area contributed by atoms with Gasteiger partial charge in [0.25, 0.3) is 0 Å². The second-order valence-electron chi connectivity index (χ2n) is 4.21. The third kappa shape index (κ3) is 3.89. The van der Waals surface area contributed by atoms with Gasteiger partial charge in [0, 0.05) is 13.2 Å². The highest BCUT2D eigenvalue weighted by molar-refractivity contribution is 5.33. The van der Waals surface area contributed by atoms with Crippen molar-refractivity contribution >= 4 is 11.9 Å². The normalized spacial score (nSPS) is 10.4. The quantitative estimate of drug-likeness (QED) is 0.738. The van der Waals surface area contributed by atoms with Gasteiger partial charge >= 0.3 is 0 Å². The van der Waals surface area contributed by atoms with E-state index in [0.717, 1.165) is 11.1 Å². The van der Waals surface area contributed by atoms with Crippen LogP contribution in [0.25, 0.3) is 0 Å². The van der Waals surface area contributed by atoms with Crippen LogP contribution in [0.1, 0.15) is 17.0 Å². The van der Waals surface area contributed by atoms with Crippen molar-refractivity contribution in [2.45, 2.75) is 19.9 Å². The largest absolute Gasteiger partial charge is 0.396 e. The second kappa shape index (κ2) is 6.10. The van der Waals surface area contributed by atoms with Crippen molar-refractivity contribution in [1.29, 1.82) is 0 Å². The summed E-state index contributed by atoms with van der Waals surface area (Å²) in [4.78, 5) is 12.1. The summed E-state index contributed by atoms with van der Waals surface area (Å²) in [6, 6.07) is 8.02. The van der Waals surface area contributed by atoms with Crippen molar-refractivity contribution in [2.75, 3.05) is 17.7 Å². The van der Waals surface area contributed by atoms with E-state index in [9.17, 15) is 0 Å². The summed E-state index contributed by atoms with van der Waals surface area (Å²) in [6.45, 7) is 2.55. The first-order valence-corrected chi connectivity index (χ1v) is 6.08. The molecular formula is C13H17N5O. The van der Waals surface area contributed by atoms with Gasteiger partial charge in [0.2, 0.25) is 11.9 Å². The monoisotopic (exact) mass is 259 g/mol. The Balaban J connectivity index is 1.98. The number of anilines is 2. The van der Waals surface area contributed by atoms with Gasteiger partial charge in [-0.05, 0) is 24.5 Å². The number of nitrogens with one attached hydrogen (secondary N) is 1. The number of rotatable bonds is 5. The number of nitrogens with zero attached hydrogens (tertiary/aromatic N) is 3. The molecule has 0 aliphatic heterocycles. The molecule has 19 heavy (non-hydrogen) atoms. The summed E-state index contributed by atoms with van der Waals surface area (Å²) >= 11 is 0. The molecule has 2 rings (SSSR count). The molecule has 6 heteroatoms. The fourth-order valence-corrected chi connectivity index (χ4v) is 1.72. The molecule has 1 heterocycles. The van der Waals surface area contributed by atoms with Crippen molar-refractivity contribution in [3.63, 3.8) is 0 Å². The molecular weight excluding hydrogens is 242 g/mol. The van der Waals surface area contributed by atoms with Crippen LogP contribution in [0.3, 0.4) is 0 Å². The fraction of sp³-hybridized carbons (Fsp3) is 0.308. The van der Waals surface area contributed by atoms with Crippen molar-refractivity contribution in [1.82, 2.24) is 15.0 Å². The van der Waals surface area contributed by atoms with Crippen LogP contribution in [-0.2, 0) is 13.0 Å². The van der Waals surface area contributed by atoms with E-state index in [1.807, 2.05) is 24.3 Å². The molecule has 0 unspecified atom stereocenters. The van der Waals surface area contributed by atoms with Gasteiger partial charge in [0.05, 0.1) is 0 Å². The Hall–Kier alpha value is -2.21. The van der Waals surface area contributed by atoms with Crippen molar-refractivity contribution in [3.8, 4) is 0 Å². The maximum Gasteiger partial charge on any atom is 0.227 e. The maximum absolute atomic E-state index is 8.85. The minimum absolute atomic E-state index is 0.168. The van der Waals surface area contributed by atoms with Gasteiger partial charge < -0.3 is 16.2 Å². The fourth-order valence-electron chi connectivity index (χ4n) is 1.72. The van der Waals surface area contributed by atoms with Crippen LogP contribution in [-0.4, -0.2) is 26.7 Å². The zero-order valence-electron chi connectivity index (χ0n) is 10.8. The van der Waals surface area contributed by atoms with Crippen LogP contribution in [0.2, 0.25) is 0 Å². The molecule has 0 saturated carbocycles. The number of hydrogen-bond donors (Lipinski definition) is 3. The lowest BCUT2D eigenvalue weighted by atomic mass is 10.1. The van der Waals surface area contributed by atoms with E-state index in [4.69, 9.17) is 10.8 Å². The number of aliphatic hydroxyl groups excluding tert-OH is 1. The van der Waals surface area contributed by atoms with E-state index in [1.54, 1.807) is 6.92 Å². The first-order chi connectivity index (χ1) is 9.17. The van der Waals surface area contributed by atoms with Crippen LogP contribution >= 0.6 is 0 Å². The number of aliphatic hydroxyl groups is 1. The van der Waals surface area contributed by atoms with Gasteiger partial charge in [-0.1, -0.05) is 24.3 Å². The summed E-state index contributed by atoms with van der Waals surface area (Å²) in [6.07, 6.45) is 0.677. The zero-order valence-corrected chi connectivity index (χ0v) is 10.8. The molecule has 100 valence electrons. The standard InChI is InChI=1S/C13H17N5O/c1-9-16-12(14)18-13(17-9)15-8-11-4-2-10(3-5-11)6-7-19/h2-5,19H,6-8H2,1H3,(H3,14,15,16,17,18). The molecule has 0 spiro atoms. The van der Waals surface area contributed by atoms with E-state index in [-0.39, 0.29) is 12.6 Å². The number of aromatic nitrogens is 3. The molecule has 0 atom stereocenters. The number of hydrogen-bond acceptors (Lipinski definition) is 6. The molecule has 0 bridgehead atoms. The van der Waals surface area contributed by atoms with Crippen molar-refractivity contribution in [2.24, 2.45) is 0 Å². The van der Waals surface area contributed by atoms with Gasteiger partial charge in [0.15, 0.2) is 0 Å². The van der Waals surface area contributed by atoms with Crippen LogP contribution in [0.4, 0.5) is 11.9 Å². The van der Waals surface area contributed by atoms with Crippen molar-refractivity contribution in [3.05, 3.63) is 41.2 Å². The van der Waals surface area contributed by atoms with E-state index >= 15 is 0 Å². The van der Waals surface area contributed by atoms with Crippen LogP contribution in [0.5, 0.6) is 0 Å². The summed E-state index contributed by atoms with van der Waals surface area (Å²) in [7, 11) is 0. The van der Waals surface area contributed by atoms with Gasteiger partial charge in [-0.2, -0.15) is 15.0 Å². The number of nitrogens with two attached hydrogens (primary N) is 1. The Morgan fingerprint density at radius 3 is 2.42 bits per heavy atom. The van der Waals surface area contributed by atoms with Gasteiger partial charge in [-0.25, -0.2) is 0 Å². The minimum atomic E-state index is 0.168. The highest BCUT2D eigenvalue weighted by Gasteiger charge is 2.01. The van der Waals surface area contributed by atoms with E-state index in [2.05, 4.69) is 20.3 Å². The highest BCUT2D eigenvalue weighted by Crippen LogP contribution is 2.08. The Labute approximate surface area is 111 Å². The van der Waals surface area contributed by atoms with E-state index in [1.165, 1.54) is 0 Å². The number of aryl methyl sites for hydroxylation is 1. The SMILES string of the molecule is Cc1nc(N)nc(NCc2ccc(CCO)cc2)n1. The average molecular weight is 259 g/mol. The minimum Gasteiger partial charge on any atom is -0.396 e. The average Bonchev–Trinajstić information content (AvgIpc) is 2.37. The lowest BCUT2D eigenvalue weighted by Crippen LogP contribution is -2.08. The van der Waals surface area contributed by atoms with Gasteiger partial charge in [-0.3, -0.25) is 0 Å². The topological polar surface area (TPSA) is 97.0 Å². The number of nitrogen functional groups attached to an aromatic ring is 1. The lowest BCUT2D eigenvalue weighted by Gasteiger charge is -2.06. The van der Waals surface area contributed by atoms with Gasteiger partial charge in [-0.15, -0.1) is 0 Å². The third-order valence-electron chi connectivity index (χ3n) is 2.64. The molecule has 1 aromatic carbocycles. The molecule has 4 N–H and O–H groups in total. The summed E-state index contributed by atoms with van der Waals surface area (Å²) in [5, 5.41) is 11.9. The predicted molar refractivity (Wildman–Crippen MR) is 73.5 cm³/mol. The zero-order chi connectivity index (χ0) is 13.7. The molecule has 0 radical (unpaired) electrons. The van der Waals surface area contributed by atoms with Crippen LogP contribution < -0.4 is 11.1 Å². The summed E-state index contributed by atoms with van der Waals surface area (Å²) in [5.74, 6) is 1.28. The Morgan fingerprint density at radius 1 is 1.11 bits per heavy atom. The van der Waals surface area contributed by atoms with Crippen molar-refractivity contribution < 1.29 is 5.11 Å². The number of benzene rings is 1. The molecule has 6 nitrogen and oxygen atoms in total. The van der Waals surface area contributed by atoms with E-state index < -0.39 is 0 Å². The van der Waals surface area contributed by atoms with Crippen LogP contribution in [0, 0.1) is 6.92 Å². The predicted octanol–water partition coefficient (Wildman–Crippen LogP) is 0.909. The summed E-state index contributed by atoms with van der Waals surface area (Å²) in [5.41, 5.74) is 7.78. The van der Waals surface area contributed by atoms with Gasteiger partial charge in [0.1, 0.15) is 5.82 Å². The summed E-state index contributed by atoms with van der Waals surface area (Å²) < 4.78 is 0. The molecule has 0 fully saturated rings. The molecule has 0 aliphatic rings. The highest BCUT2D eigenvalue weighted by atomic mass is 16.2. The molecule has 1 aromatic heterocycles. The van der Waals surface area contributed by atoms with E-state index in [0.29, 0.717) is 24.7 Å². The Morgan fingerprint density at radius 2 is 1.79 bits per heavy atom. The first kappa shape index (κ1) is 13.2. The Bertz CT molecular complexity index is 521. The molecule has 0 amide bonds. The first-order valence-electron chi connectivity index (χ1n) is 6.08. The molecule has 2 aromatic rings.